The molecule has 17 heavy (non-hydrogen) atoms. The summed E-state index contributed by atoms with van der Waals surface area (Å²) in [4.78, 5) is 5.17. The second kappa shape index (κ2) is 4.91. The van der Waals surface area contributed by atoms with E-state index in [9.17, 15) is 4.39 Å². The molecule has 1 aromatic heterocycles. The van der Waals surface area contributed by atoms with Gasteiger partial charge < -0.3 is 0 Å². The zero-order valence-corrected chi connectivity index (χ0v) is 10.5. The predicted molar refractivity (Wildman–Crippen MR) is 67.2 cm³/mol. The van der Waals surface area contributed by atoms with Crippen molar-refractivity contribution >= 4 is 11.3 Å². The minimum atomic E-state index is -0.249. The zero-order chi connectivity index (χ0) is 12.4. The number of aryl methyl sites for hydroxylation is 2. The number of thiazole rings is 1. The highest BCUT2D eigenvalue weighted by atomic mass is 32.1. The van der Waals surface area contributed by atoms with Gasteiger partial charge in [0.1, 0.15) is 5.82 Å². The fourth-order valence-electron chi connectivity index (χ4n) is 1.79. The molecule has 2 rings (SSSR count). The third-order valence-electron chi connectivity index (χ3n) is 2.49. The Kier molecular flexibility index (Phi) is 3.51. The van der Waals surface area contributed by atoms with Crippen LogP contribution >= 0.6 is 11.3 Å². The lowest BCUT2D eigenvalue weighted by Crippen LogP contribution is -2.28. The molecule has 90 valence electrons. The van der Waals surface area contributed by atoms with Gasteiger partial charge in [0.15, 0.2) is 0 Å². The number of nitrogens with one attached hydrogen (secondary N) is 1. The Morgan fingerprint density at radius 1 is 1.35 bits per heavy atom. The Balaban J connectivity index is 2.41. The number of rotatable bonds is 3. The van der Waals surface area contributed by atoms with E-state index in [-0.39, 0.29) is 11.9 Å². The minimum absolute atomic E-state index is 0.212. The number of benzene rings is 1. The summed E-state index contributed by atoms with van der Waals surface area (Å²) in [5.74, 6) is 5.30. The number of hydrogen-bond acceptors (Lipinski definition) is 4. The standard InChI is InChI=1S/C12H14FN3S/c1-7-3-9(5-10(13)4-7)12(16-14)11-6-15-8(2)17-11/h3-6,12,16H,14H2,1-2H3. The molecule has 1 atom stereocenters. The van der Waals surface area contributed by atoms with Crippen LogP contribution in [-0.2, 0) is 0 Å². The highest BCUT2D eigenvalue weighted by Gasteiger charge is 2.16. The zero-order valence-electron chi connectivity index (χ0n) is 9.70. The number of hydrazine groups is 1. The van der Waals surface area contributed by atoms with Crippen molar-refractivity contribution in [2.24, 2.45) is 5.84 Å². The molecule has 1 heterocycles. The number of aromatic nitrogens is 1. The lowest BCUT2D eigenvalue weighted by atomic mass is 10.0. The number of hydrogen-bond donors (Lipinski definition) is 2. The fraction of sp³-hybridized carbons (Fsp3) is 0.250. The van der Waals surface area contributed by atoms with E-state index >= 15 is 0 Å². The summed E-state index contributed by atoms with van der Waals surface area (Å²) in [6.07, 6.45) is 1.77. The lowest BCUT2D eigenvalue weighted by molar-refractivity contribution is 0.607. The molecule has 3 N–H and O–H groups in total. The van der Waals surface area contributed by atoms with E-state index in [0.29, 0.717) is 0 Å². The van der Waals surface area contributed by atoms with Crippen molar-refractivity contribution in [2.75, 3.05) is 0 Å². The van der Waals surface area contributed by atoms with Crippen LogP contribution in [0.4, 0.5) is 4.39 Å². The van der Waals surface area contributed by atoms with Gasteiger partial charge in [0.25, 0.3) is 0 Å². The summed E-state index contributed by atoms with van der Waals surface area (Å²) in [6, 6.07) is 4.69. The van der Waals surface area contributed by atoms with Crippen LogP contribution in [0.15, 0.2) is 24.4 Å². The van der Waals surface area contributed by atoms with Crippen LogP contribution in [-0.4, -0.2) is 4.98 Å². The largest absolute Gasteiger partial charge is 0.271 e. The summed E-state index contributed by atoms with van der Waals surface area (Å²) >= 11 is 1.55. The normalized spacial score (nSPS) is 12.7. The van der Waals surface area contributed by atoms with Gasteiger partial charge in [0.05, 0.1) is 11.0 Å². The maximum Gasteiger partial charge on any atom is 0.123 e. The molecule has 0 amide bonds. The van der Waals surface area contributed by atoms with Crippen LogP contribution in [0.1, 0.15) is 27.1 Å². The first kappa shape index (κ1) is 12.2. The molecule has 0 saturated carbocycles. The molecule has 5 heteroatoms. The van der Waals surface area contributed by atoms with E-state index in [4.69, 9.17) is 5.84 Å². The summed E-state index contributed by atoms with van der Waals surface area (Å²) in [5, 5.41) is 0.966. The Labute approximate surface area is 103 Å². The van der Waals surface area contributed by atoms with E-state index in [1.807, 2.05) is 19.9 Å². The Bertz CT molecular complexity index is 504. The molecule has 1 aromatic carbocycles. The van der Waals surface area contributed by atoms with Crippen LogP contribution in [0.25, 0.3) is 0 Å². The Hall–Kier alpha value is -1.30. The van der Waals surface area contributed by atoms with Gasteiger partial charge in [0.2, 0.25) is 0 Å². The van der Waals surface area contributed by atoms with Gasteiger partial charge in [0, 0.05) is 11.1 Å². The van der Waals surface area contributed by atoms with Gasteiger partial charge in [-0.3, -0.25) is 5.84 Å². The molecule has 0 fully saturated rings. The third-order valence-corrected chi connectivity index (χ3v) is 3.47. The molecule has 0 spiro atoms. The van der Waals surface area contributed by atoms with Gasteiger partial charge in [-0.05, 0) is 37.1 Å². The van der Waals surface area contributed by atoms with E-state index in [0.717, 1.165) is 21.0 Å². The van der Waals surface area contributed by atoms with Crippen molar-refractivity contribution in [2.45, 2.75) is 19.9 Å². The monoisotopic (exact) mass is 251 g/mol. The highest BCUT2D eigenvalue weighted by molar-refractivity contribution is 7.11. The lowest BCUT2D eigenvalue weighted by Gasteiger charge is -2.15. The van der Waals surface area contributed by atoms with Crippen molar-refractivity contribution in [3.05, 3.63) is 51.2 Å². The first-order valence-corrected chi connectivity index (χ1v) is 6.07. The average Bonchev–Trinajstić information content (AvgIpc) is 2.64. The summed E-state index contributed by atoms with van der Waals surface area (Å²) < 4.78 is 13.4. The van der Waals surface area contributed by atoms with Crippen molar-refractivity contribution < 1.29 is 4.39 Å². The number of halogens is 1. The van der Waals surface area contributed by atoms with Crippen molar-refractivity contribution in [3.63, 3.8) is 0 Å². The molecule has 0 bridgehead atoms. The maximum absolute atomic E-state index is 13.4. The third kappa shape index (κ3) is 2.69. The molecule has 0 radical (unpaired) electrons. The van der Waals surface area contributed by atoms with E-state index in [2.05, 4.69) is 10.4 Å². The van der Waals surface area contributed by atoms with Crippen LogP contribution in [0.5, 0.6) is 0 Å². The van der Waals surface area contributed by atoms with Crippen LogP contribution in [0.3, 0.4) is 0 Å². The van der Waals surface area contributed by atoms with Crippen LogP contribution in [0, 0.1) is 19.7 Å². The van der Waals surface area contributed by atoms with Gasteiger partial charge in [-0.25, -0.2) is 14.8 Å². The van der Waals surface area contributed by atoms with Gasteiger partial charge in [-0.15, -0.1) is 11.3 Å². The molecule has 0 aliphatic rings. The SMILES string of the molecule is Cc1cc(F)cc(C(NN)c2cnc(C)s2)c1. The minimum Gasteiger partial charge on any atom is -0.271 e. The molecule has 2 aromatic rings. The van der Waals surface area contributed by atoms with Crippen LogP contribution < -0.4 is 11.3 Å². The molecule has 3 nitrogen and oxygen atoms in total. The summed E-state index contributed by atoms with van der Waals surface area (Å²) in [5.41, 5.74) is 4.40. The van der Waals surface area contributed by atoms with Gasteiger partial charge in [-0.2, -0.15) is 0 Å². The van der Waals surface area contributed by atoms with Crippen molar-refractivity contribution in [1.82, 2.24) is 10.4 Å². The van der Waals surface area contributed by atoms with Crippen LogP contribution in [0.2, 0.25) is 0 Å². The van der Waals surface area contributed by atoms with E-state index in [1.54, 1.807) is 17.5 Å². The second-order valence-electron chi connectivity index (χ2n) is 3.94. The first-order chi connectivity index (χ1) is 8.10. The first-order valence-electron chi connectivity index (χ1n) is 5.25. The topological polar surface area (TPSA) is 50.9 Å². The molecule has 0 saturated heterocycles. The number of nitrogens with two attached hydrogens (primary N) is 1. The Morgan fingerprint density at radius 3 is 2.65 bits per heavy atom. The Morgan fingerprint density at radius 2 is 2.12 bits per heavy atom. The van der Waals surface area contributed by atoms with E-state index in [1.165, 1.54) is 12.1 Å². The molecule has 1 unspecified atom stereocenters. The maximum atomic E-state index is 13.4. The fourth-order valence-corrected chi connectivity index (χ4v) is 2.66. The smallest absolute Gasteiger partial charge is 0.123 e. The molecular weight excluding hydrogens is 237 g/mol. The quantitative estimate of drug-likeness (QED) is 0.651. The summed E-state index contributed by atoms with van der Waals surface area (Å²) in [6.45, 7) is 3.79. The predicted octanol–water partition coefficient (Wildman–Crippen LogP) is 2.45. The number of nitrogens with zero attached hydrogens (tertiary/aromatic N) is 1. The molecule has 0 aliphatic heterocycles. The highest BCUT2D eigenvalue weighted by Crippen LogP contribution is 2.27. The molecular formula is C12H14FN3S. The molecule has 0 aliphatic carbocycles. The van der Waals surface area contributed by atoms with E-state index < -0.39 is 0 Å². The van der Waals surface area contributed by atoms with Crippen molar-refractivity contribution in [3.8, 4) is 0 Å². The van der Waals surface area contributed by atoms with Gasteiger partial charge in [-0.1, -0.05) is 6.07 Å². The van der Waals surface area contributed by atoms with Crippen molar-refractivity contribution in [1.29, 1.82) is 0 Å². The second-order valence-corrected chi connectivity index (χ2v) is 5.21. The summed E-state index contributed by atoms with van der Waals surface area (Å²) in [7, 11) is 0. The average molecular weight is 251 g/mol. The van der Waals surface area contributed by atoms with Gasteiger partial charge >= 0.3 is 0 Å².